The van der Waals surface area contributed by atoms with Crippen molar-refractivity contribution in [2.24, 2.45) is 0 Å². The Hall–Kier alpha value is 0.558. The van der Waals surface area contributed by atoms with Gasteiger partial charge in [-0.25, -0.2) is 0 Å². The minimum atomic E-state index is -8.99. The second kappa shape index (κ2) is 5.25. The summed E-state index contributed by atoms with van der Waals surface area (Å²) in [6, 6.07) is 0. The molecule has 7 heteroatoms. The molecule has 0 aromatic heterocycles. The molecule has 0 fully saturated rings. The van der Waals surface area contributed by atoms with Crippen molar-refractivity contribution in [1.29, 1.82) is 0 Å². The van der Waals surface area contributed by atoms with Gasteiger partial charge in [-0.3, -0.25) is 0 Å². The number of thioether (sulfide) groups is 1. The molecule has 0 aliphatic heterocycles. The second-order valence-electron chi connectivity index (χ2n) is 1.42. The molecule has 0 unspecified atom stereocenters. The molecule has 0 spiro atoms. The van der Waals surface area contributed by atoms with Crippen molar-refractivity contribution in [3.05, 3.63) is 0 Å². The van der Waals surface area contributed by atoms with Crippen LogP contribution in [0.4, 0.5) is 17.3 Å². The number of hydrogen-bond donors (Lipinski definition) is 0. The molecular weight excluding hydrogens is 250 g/mol. The van der Waals surface area contributed by atoms with Gasteiger partial charge in [0.15, 0.2) is 0 Å². The summed E-state index contributed by atoms with van der Waals surface area (Å²) in [4.78, 5) is 0. The van der Waals surface area contributed by atoms with Gasteiger partial charge < -0.3 is 0 Å². The molecule has 0 radical (unpaired) electrons. The van der Waals surface area contributed by atoms with Gasteiger partial charge in [-0.2, -0.15) is 11.8 Å². The van der Waals surface area contributed by atoms with E-state index < -0.39 is 14.8 Å². The number of rotatable bonds is 2. The summed E-state index contributed by atoms with van der Waals surface area (Å²) < 4.78 is 49.4. The first-order valence-electron chi connectivity index (χ1n) is 2.84. The van der Waals surface area contributed by atoms with Gasteiger partial charge in [0.2, 0.25) is 0 Å². The molecule has 0 bridgehead atoms. The average Bonchev–Trinajstić information content (AvgIpc) is 1.60. The zero-order valence-electron chi connectivity index (χ0n) is 6.16. The fraction of sp³-hybridized carbons (Fsp3) is 1.00. The Morgan fingerprint density at radius 1 is 0.909 bits per heavy atom. The minimum absolute atomic E-state index is 1.26. The summed E-state index contributed by atoms with van der Waals surface area (Å²) >= 11 is -7.02. The van der Waals surface area contributed by atoms with Gasteiger partial charge in [0.05, 0.1) is 0 Å². The van der Waals surface area contributed by atoms with Crippen LogP contribution in [-0.4, -0.2) is 26.3 Å². The van der Waals surface area contributed by atoms with Crippen LogP contribution in [0.25, 0.3) is 0 Å². The molecule has 0 saturated carbocycles. The summed E-state index contributed by atoms with van der Waals surface area (Å²) in [5.41, 5.74) is 0. The summed E-state index contributed by atoms with van der Waals surface area (Å²) in [6.07, 6.45) is 0. The Balaban J connectivity index is 0. The van der Waals surface area contributed by atoms with Crippen molar-refractivity contribution in [2.75, 3.05) is 11.5 Å². The van der Waals surface area contributed by atoms with Gasteiger partial charge in [0, 0.05) is 0 Å². The normalized spacial score (nSPS) is 14.3. The van der Waals surface area contributed by atoms with E-state index in [9.17, 15) is 17.3 Å². The molecule has 0 aromatic rings. The average molecular weight is 260 g/mol. The van der Waals surface area contributed by atoms with Crippen LogP contribution in [0.1, 0.15) is 13.8 Å². The van der Waals surface area contributed by atoms with Crippen LogP contribution in [0.15, 0.2) is 0 Å². The standard InChI is InChI=1S/C4H10S.AsF5/c1-3-5-4-2;2-1(3,4,5)6/h3-4H2,1-2H3;. The van der Waals surface area contributed by atoms with Crippen molar-refractivity contribution in [2.45, 2.75) is 13.8 Å². The van der Waals surface area contributed by atoms with Crippen LogP contribution in [0, 0.1) is 0 Å². The Kier molecular flexibility index (Phi) is 6.73. The van der Waals surface area contributed by atoms with Gasteiger partial charge in [-0.05, 0) is 11.5 Å². The van der Waals surface area contributed by atoms with Crippen molar-refractivity contribution < 1.29 is 17.3 Å². The molecular formula is C4H10AsF5S. The van der Waals surface area contributed by atoms with Crippen LogP contribution in [0.3, 0.4) is 0 Å². The van der Waals surface area contributed by atoms with Gasteiger partial charge in [0.25, 0.3) is 0 Å². The molecule has 0 saturated heterocycles. The third-order valence-corrected chi connectivity index (χ3v) is 1.22. The molecule has 0 N–H and O–H groups in total. The van der Waals surface area contributed by atoms with Gasteiger partial charge >= 0.3 is 32.1 Å². The van der Waals surface area contributed by atoms with Crippen LogP contribution in [-0.2, 0) is 0 Å². The van der Waals surface area contributed by atoms with Crippen LogP contribution < -0.4 is 0 Å². The predicted molar refractivity (Wildman–Crippen MR) is 40.0 cm³/mol. The van der Waals surface area contributed by atoms with E-state index >= 15 is 0 Å². The van der Waals surface area contributed by atoms with E-state index in [0.29, 0.717) is 0 Å². The number of halogens is 5. The Morgan fingerprint density at radius 3 is 1.09 bits per heavy atom. The van der Waals surface area contributed by atoms with Gasteiger partial charge in [-0.15, -0.1) is 0 Å². The SMILES string of the molecule is CCSCC.F[As](F)(F)(F)F. The zero-order chi connectivity index (χ0) is 9.57. The van der Waals surface area contributed by atoms with Crippen molar-refractivity contribution in [3.8, 4) is 0 Å². The molecule has 0 atom stereocenters. The van der Waals surface area contributed by atoms with Crippen LogP contribution in [0.5, 0.6) is 0 Å². The summed E-state index contributed by atoms with van der Waals surface area (Å²) in [6.45, 7) is 4.35. The molecule has 11 heavy (non-hydrogen) atoms. The topological polar surface area (TPSA) is 0 Å². The molecule has 0 aromatic carbocycles. The third-order valence-electron chi connectivity index (χ3n) is 0.408. The Bertz CT molecular complexity index is 79.4. The van der Waals surface area contributed by atoms with E-state index in [-0.39, 0.29) is 0 Å². The van der Waals surface area contributed by atoms with Crippen molar-refractivity contribution in [3.63, 3.8) is 0 Å². The zero-order valence-corrected chi connectivity index (χ0v) is 8.85. The maximum atomic E-state index is 9.89. The maximum absolute atomic E-state index is 9.89. The second-order valence-corrected chi connectivity index (χ2v) is 5.66. The van der Waals surface area contributed by atoms with Crippen LogP contribution >= 0.6 is 11.8 Å². The monoisotopic (exact) mass is 260 g/mol. The molecule has 72 valence electrons. The van der Waals surface area contributed by atoms with E-state index in [4.69, 9.17) is 0 Å². The van der Waals surface area contributed by atoms with E-state index in [1.165, 1.54) is 11.5 Å². The fourth-order valence-corrected chi connectivity index (χ4v) is 0.612. The summed E-state index contributed by atoms with van der Waals surface area (Å²) in [5.74, 6) is 2.52. The quantitative estimate of drug-likeness (QED) is 0.541. The first kappa shape index (κ1) is 14.1. The van der Waals surface area contributed by atoms with E-state index in [0.717, 1.165) is 0 Å². The first-order chi connectivity index (χ1) is 4.65. The summed E-state index contributed by atoms with van der Waals surface area (Å²) in [7, 11) is 0. The third kappa shape index (κ3) is 118. The molecule has 0 heterocycles. The molecule has 0 aliphatic carbocycles. The predicted octanol–water partition coefficient (Wildman–Crippen LogP) is 3.48. The van der Waals surface area contributed by atoms with E-state index in [2.05, 4.69) is 13.8 Å². The van der Waals surface area contributed by atoms with Crippen LogP contribution in [0.2, 0.25) is 0 Å². The van der Waals surface area contributed by atoms with Gasteiger partial charge in [-0.1, -0.05) is 13.8 Å². The fourth-order valence-electron chi connectivity index (χ4n) is 0.204. The molecule has 0 amide bonds. The molecule has 0 nitrogen and oxygen atoms in total. The van der Waals surface area contributed by atoms with E-state index in [1.54, 1.807) is 0 Å². The molecule has 0 rings (SSSR count). The number of hydrogen-bond acceptors (Lipinski definition) is 1. The van der Waals surface area contributed by atoms with Gasteiger partial charge in [0.1, 0.15) is 0 Å². The van der Waals surface area contributed by atoms with E-state index in [1.807, 2.05) is 11.8 Å². The van der Waals surface area contributed by atoms with Crippen molar-refractivity contribution >= 4 is 26.6 Å². The van der Waals surface area contributed by atoms with Crippen molar-refractivity contribution in [1.82, 2.24) is 0 Å². The summed E-state index contributed by atoms with van der Waals surface area (Å²) in [5, 5.41) is 0. The first-order valence-corrected chi connectivity index (χ1v) is 7.54. The Morgan fingerprint density at radius 2 is 1.09 bits per heavy atom. The Labute approximate surface area is 69.7 Å². The molecule has 0 aliphatic rings.